The van der Waals surface area contributed by atoms with E-state index in [1.165, 1.54) is 35.3 Å². The predicted molar refractivity (Wildman–Crippen MR) is 142 cm³/mol. The van der Waals surface area contributed by atoms with Crippen LogP contribution in [0.3, 0.4) is 0 Å². The summed E-state index contributed by atoms with van der Waals surface area (Å²) in [5, 5.41) is 0.388. The summed E-state index contributed by atoms with van der Waals surface area (Å²) in [7, 11) is 1.54. The Morgan fingerprint density at radius 3 is 2.41 bits per heavy atom. The summed E-state index contributed by atoms with van der Waals surface area (Å²) < 4.78 is 29.1. The number of methoxy groups -OCH3 is 1. The third kappa shape index (κ3) is 8.75. The molecule has 0 fully saturated rings. The van der Waals surface area contributed by atoms with Crippen molar-refractivity contribution >= 4 is 28.8 Å². The first-order valence-corrected chi connectivity index (χ1v) is 12.8. The lowest BCUT2D eigenvalue weighted by atomic mass is 10.1. The Bertz CT molecular complexity index is 1320. The van der Waals surface area contributed by atoms with Crippen LogP contribution in [0.1, 0.15) is 37.3 Å². The summed E-state index contributed by atoms with van der Waals surface area (Å²) >= 11 is 0. The van der Waals surface area contributed by atoms with Gasteiger partial charge in [0.25, 0.3) is 0 Å². The normalized spacial score (nSPS) is 10.8. The first-order chi connectivity index (χ1) is 18.8. The average molecular weight is 541 g/mol. The van der Waals surface area contributed by atoms with Crippen molar-refractivity contribution in [2.75, 3.05) is 33.4 Å². The highest BCUT2D eigenvalue weighted by atomic mass is 19.1. The molecule has 0 aliphatic heterocycles. The third-order valence-electron chi connectivity index (χ3n) is 6.06. The van der Waals surface area contributed by atoms with Gasteiger partial charge in [-0.05, 0) is 43.2 Å². The van der Waals surface area contributed by atoms with Crippen molar-refractivity contribution in [3.8, 4) is 0 Å². The zero-order valence-electron chi connectivity index (χ0n) is 22.2. The zero-order valence-corrected chi connectivity index (χ0v) is 22.2. The molecule has 0 atom stereocenters. The molecule has 0 saturated carbocycles. The maximum absolute atomic E-state index is 13.6. The molecule has 3 rings (SSSR count). The number of ether oxygens (including phenoxy) is 2. The lowest BCUT2D eigenvalue weighted by Gasteiger charge is -2.28. The van der Waals surface area contributed by atoms with E-state index in [0.717, 1.165) is 0 Å². The van der Waals surface area contributed by atoms with Crippen LogP contribution in [0, 0.1) is 5.82 Å². The van der Waals surface area contributed by atoms with Gasteiger partial charge in [-0.2, -0.15) is 0 Å². The van der Waals surface area contributed by atoms with Crippen LogP contribution in [0.4, 0.5) is 4.39 Å². The van der Waals surface area contributed by atoms with Gasteiger partial charge >= 0.3 is 5.97 Å². The van der Waals surface area contributed by atoms with E-state index in [4.69, 9.17) is 13.9 Å². The van der Waals surface area contributed by atoms with Gasteiger partial charge in [-0.25, -0.2) is 4.39 Å². The molecule has 0 bridgehead atoms. The minimum Gasteiger partial charge on any atom is -0.466 e. The number of amides is 2. The summed E-state index contributed by atoms with van der Waals surface area (Å²) in [5.74, 6) is -1.70. The lowest BCUT2D eigenvalue weighted by molar-refractivity contribution is -0.146. The van der Waals surface area contributed by atoms with E-state index in [0.29, 0.717) is 29.6 Å². The zero-order chi connectivity index (χ0) is 28.2. The van der Waals surface area contributed by atoms with Crippen LogP contribution < -0.4 is 5.43 Å². The Balaban J connectivity index is 1.84. The summed E-state index contributed by atoms with van der Waals surface area (Å²) in [6, 6.07) is 12.5. The fourth-order valence-electron chi connectivity index (χ4n) is 4.03. The maximum Gasteiger partial charge on any atom is 0.306 e. The number of nitrogens with zero attached hydrogens (tertiary/aromatic N) is 2. The van der Waals surface area contributed by atoms with E-state index < -0.39 is 17.7 Å². The van der Waals surface area contributed by atoms with Gasteiger partial charge in [0, 0.05) is 33.2 Å². The monoisotopic (exact) mass is 540 g/mol. The molecule has 0 radical (unpaired) electrons. The molecule has 0 aliphatic carbocycles. The third-order valence-corrected chi connectivity index (χ3v) is 6.06. The number of hydrogen-bond donors (Lipinski definition) is 0. The van der Waals surface area contributed by atoms with Crippen LogP contribution in [-0.4, -0.2) is 61.0 Å². The van der Waals surface area contributed by atoms with E-state index >= 15 is 0 Å². The van der Waals surface area contributed by atoms with Crippen molar-refractivity contribution in [1.82, 2.24) is 9.80 Å². The molecule has 1 heterocycles. The number of carbonyl (C=O) groups is 3. The number of benzene rings is 2. The standard InChI is InChI=1S/C29H33FN2O7/c1-3-38-28(35)14-13-26(33)31(15-6-16-37-2)19-27(34)32(17-21-9-11-23(30)12-10-21)18-22-20-39-25-8-5-4-7-24(25)29(22)36/h4-5,7-12,20H,3,6,13-19H2,1-2H3. The second-order valence-electron chi connectivity index (χ2n) is 8.93. The van der Waals surface area contributed by atoms with Crippen LogP contribution in [0.5, 0.6) is 0 Å². The van der Waals surface area contributed by atoms with Gasteiger partial charge in [0.2, 0.25) is 11.8 Å². The topological polar surface area (TPSA) is 106 Å². The largest absolute Gasteiger partial charge is 0.466 e. The lowest BCUT2D eigenvalue weighted by Crippen LogP contribution is -2.43. The van der Waals surface area contributed by atoms with Gasteiger partial charge in [0.15, 0.2) is 5.43 Å². The second kappa shape index (κ2) is 14.8. The van der Waals surface area contributed by atoms with Crippen molar-refractivity contribution in [2.24, 2.45) is 0 Å². The van der Waals surface area contributed by atoms with E-state index in [2.05, 4.69) is 0 Å². The van der Waals surface area contributed by atoms with E-state index in [1.807, 2.05) is 0 Å². The van der Waals surface area contributed by atoms with Crippen LogP contribution in [0.25, 0.3) is 11.0 Å². The Morgan fingerprint density at radius 2 is 1.69 bits per heavy atom. The number of hydrogen-bond acceptors (Lipinski definition) is 7. The molecular formula is C29H33FN2O7. The number of halogens is 1. The molecule has 2 aromatic carbocycles. The molecule has 3 aromatic rings. The molecular weight excluding hydrogens is 507 g/mol. The minimum atomic E-state index is -0.491. The molecule has 10 heteroatoms. The molecule has 0 spiro atoms. The van der Waals surface area contributed by atoms with Gasteiger partial charge in [0.1, 0.15) is 11.4 Å². The first-order valence-electron chi connectivity index (χ1n) is 12.8. The molecule has 0 N–H and O–H groups in total. The Labute approximate surface area is 226 Å². The summed E-state index contributed by atoms with van der Waals surface area (Å²) in [6.45, 7) is 2.24. The first kappa shape index (κ1) is 29.5. The minimum absolute atomic E-state index is 0.0771. The van der Waals surface area contributed by atoms with Crippen molar-refractivity contribution < 1.29 is 32.7 Å². The smallest absolute Gasteiger partial charge is 0.306 e. The number of esters is 1. The molecule has 208 valence electrons. The molecule has 1 aromatic heterocycles. The van der Waals surface area contributed by atoms with Crippen molar-refractivity contribution in [3.63, 3.8) is 0 Å². The van der Waals surface area contributed by atoms with Gasteiger partial charge < -0.3 is 23.7 Å². The van der Waals surface area contributed by atoms with Crippen LogP contribution >= 0.6 is 0 Å². The van der Waals surface area contributed by atoms with Gasteiger partial charge in [-0.3, -0.25) is 19.2 Å². The highest BCUT2D eigenvalue weighted by Crippen LogP contribution is 2.15. The summed E-state index contributed by atoms with van der Waals surface area (Å²) in [6.07, 6.45) is 1.61. The molecule has 2 amide bonds. The molecule has 0 saturated heterocycles. The van der Waals surface area contributed by atoms with Crippen molar-refractivity contribution in [3.05, 3.63) is 82.0 Å². The fraction of sp³-hybridized carbons (Fsp3) is 0.379. The second-order valence-corrected chi connectivity index (χ2v) is 8.93. The van der Waals surface area contributed by atoms with E-state index in [9.17, 15) is 23.6 Å². The van der Waals surface area contributed by atoms with Crippen molar-refractivity contribution in [1.29, 1.82) is 0 Å². The molecule has 0 aliphatic rings. The highest BCUT2D eigenvalue weighted by Gasteiger charge is 2.23. The fourth-order valence-corrected chi connectivity index (χ4v) is 4.03. The van der Waals surface area contributed by atoms with Crippen LogP contribution in [-0.2, 0) is 36.9 Å². The van der Waals surface area contributed by atoms with E-state index in [1.54, 1.807) is 43.3 Å². The molecule has 0 unspecified atom stereocenters. The van der Waals surface area contributed by atoms with E-state index in [-0.39, 0.29) is 62.5 Å². The number of para-hydroxylation sites is 1. The number of rotatable bonds is 14. The molecule has 39 heavy (non-hydrogen) atoms. The Kier molecular flexibility index (Phi) is 11.2. The SMILES string of the molecule is CCOC(=O)CCC(=O)N(CCCOC)CC(=O)N(Cc1ccc(F)cc1)Cc1coc2ccccc2c1=O. The quantitative estimate of drug-likeness (QED) is 0.227. The Hall–Kier alpha value is -4.05. The summed E-state index contributed by atoms with van der Waals surface area (Å²) in [5.41, 5.74) is 1.08. The highest BCUT2D eigenvalue weighted by molar-refractivity contribution is 5.86. The number of fused-ring (bicyclic) bond motifs is 1. The van der Waals surface area contributed by atoms with Crippen LogP contribution in [0.15, 0.2) is 64.0 Å². The maximum atomic E-state index is 13.6. The average Bonchev–Trinajstić information content (AvgIpc) is 2.93. The molecule has 9 nitrogen and oxygen atoms in total. The van der Waals surface area contributed by atoms with Crippen LogP contribution in [0.2, 0.25) is 0 Å². The van der Waals surface area contributed by atoms with Gasteiger partial charge in [-0.15, -0.1) is 0 Å². The van der Waals surface area contributed by atoms with Gasteiger partial charge in [0.05, 0.1) is 43.3 Å². The Morgan fingerprint density at radius 1 is 0.949 bits per heavy atom. The predicted octanol–water partition coefficient (Wildman–Crippen LogP) is 3.67. The van der Waals surface area contributed by atoms with Crippen molar-refractivity contribution in [2.45, 2.75) is 39.3 Å². The summed E-state index contributed by atoms with van der Waals surface area (Å²) in [4.78, 5) is 54.2. The number of carbonyl (C=O) groups excluding carboxylic acids is 3. The van der Waals surface area contributed by atoms with Gasteiger partial charge in [-0.1, -0.05) is 24.3 Å².